The smallest absolute Gasteiger partial charge is 0.256 e. The van der Waals surface area contributed by atoms with Crippen molar-refractivity contribution in [1.82, 2.24) is 19.7 Å². The second-order valence-corrected chi connectivity index (χ2v) is 5.90. The van der Waals surface area contributed by atoms with E-state index in [1.807, 2.05) is 41.2 Å². The summed E-state index contributed by atoms with van der Waals surface area (Å²) in [4.78, 5) is 12.6. The van der Waals surface area contributed by atoms with Gasteiger partial charge < -0.3 is 14.6 Å². The SMILES string of the molecule is COCCCNC(=O)c1cnn(-c2ccc(Cl)cc2)c1-n1cccc1. The van der Waals surface area contributed by atoms with Gasteiger partial charge in [-0.2, -0.15) is 5.10 Å². The van der Waals surface area contributed by atoms with Gasteiger partial charge in [0, 0.05) is 37.7 Å². The van der Waals surface area contributed by atoms with Crippen molar-refractivity contribution in [2.75, 3.05) is 20.3 Å². The number of methoxy groups -OCH3 is 1. The van der Waals surface area contributed by atoms with E-state index in [0.717, 1.165) is 12.1 Å². The number of aromatic nitrogens is 3. The Kier molecular flexibility index (Phi) is 5.53. The van der Waals surface area contributed by atoms with E-state index in [-0.39, 0.29) is 5.91 Å². The fourth-order valence-electron chi connectivity index (χ4n) is 2.51. The summed E-state index contributed by atoms with van der Waals surface area (Å²) in [6.07, 6.45) is 6.10. The first-order valence-electron chi connectivity index (χ1n) is 7.95. The van der Waals surface area contributed by atoms with Crippen molar-refractivity contribution < 1.29 is 9.53 Å². The predicted molar refractivity (Wildman–Crippen MR) is 96.7 cm³/mol. The van der Waals surface area contributed by atoms with Gasteiger partial charge in [-0.3, -0.25) is 4.79 Å². The molecular weight excluding hydrogens is 340 g/mol. The molecule has 25 heavy (non-hydrogen) atoms. The van der Waals surface area contributed by atoms with Gasteiger partial charge in [-0.15, -0.1) is 0 Å². The van der Waals surface area contributed by atoms with Crippen molar-refractivity contribution in [1.29, 1.82) is 0 Å². The molecule has 7 heteroatoms. The van der Waals surface area contributed by atoms with E-state index in [2.05, 4.69) is 10.4 Å². The van der Waals surface area contributed by atoms with E-state index < -0.39 is 0 Å². The molecule has 0 bridgehead atoms. The average Bonchev–Trinajstić information content (AvgIpc) is 3.28. The van der Waals surface area contributed by atoms with Gasteiger partial charge in [-0.05, 0) is 42.8 Å². The highest BCUT2D eigenvalue weighted by atomic mass is 35.5. The number of benzene rings is 1. The van der Waals surface area contributed by atoms with Crippen molar-refractivity contribution in [3.8, 4) is 11.5 Å². The summed E-state index contributed by atoms with van der Waals surface area (Å²) in [5.41, 5.74) is 1.33. The van der Waals surface area contributed by atoms with Crippen LogP contribution >= 0.6 is 11.6 Å². The van der Waals surface area contributed by atoms with Crippen molar-refractivity contribution in [3.05, 3.63) is 65.6 Å². The number of nitrogens with zero attached hydrogens (tertiary/aromatic N) is 3. The molecule has 0 radical (unpaired) electrons. The van der Waals surface area contributed by atoms with Crippen LogP contribution in [0.1, 0.15) is 16.8 Å². The standard InChI is InChI=1S/C18H19ClN4O2/c1-25-12-4-9-20-17(24)16-13-21-23(15-7-5-14(19)6-8-15)18(16)22-10-2-3-11-22/h2-3,5-8,10-11,13H,4,9,12H2,1H3,(H,20,24). The Bertz CT molecular complexity index is 825. The van der Waals surface area contributed by atoms with Gasteiger partial charge in [0.05, 0.1) is 11.9 Å². The lowest BCUT2D eigenvalue weighted by atomic mass is 10.2. The molecule has 0 aliphatic rings. The zero-order valence-electron chi connectivity index (χ0n) is 13.9. The minimum atomic E-state index is -0.167. The molecule has 0 aliphatic carbocycles. The highest BCUT2D eigenvalue weighted by Gasteiger charge is 2.19. The first-order chi connectivity index (χ1) is 12.2. The Morgan fingerprint density at radius 1 is 1.24 bits per heavy atom. The molecule has 0 saturated heterocycles. The molecule has 3 rings (SSSR count). The maximum atomic E-state index is 12.6. The molecule has 0 spiro atoms. The summed E-state index contributed by atoms with van der Waals surface area (Å²) in [6, 6.07) is 11.1. The number of hydrogen-bond donors (Lipinski definition) is 1. The second kappa shape index (κ2) is 8.00. The van der Waals surface area contributed by atoms with E-state index in [9.17, 15) is 4.79 Å². The zero-order valence-corrected chi connectivity index (χ0v) is 14.6. The third kappa shape index (κ3) is 3.92. The Morgan fingerprint density at radius 3 is 2.64 bits per heavy atom. The van der Waals surface area contributed by atoms with E-state index in [0.29, 0.717) is 29.6 Å². The molecule has 0 fully saturated rings. The van der Waals surface area contributed by atoms with Crippen LogP contribution in [0.15, 0.2) is 55.0 Å². The third-order valence-electron chi connectivity index (χ3n) is 3.72. The summed E-state index contributed by atoms with van der Waals surface area (Å²) < 4.78 is 8.59. The molecule has 130 valence electrons. The maximum absolute atomic E-state index is 12.6. The lowest BCUT2D eigenvalue weighted by molar-refractivity contribution is 0.0948. The van der Waals surface area contributed by atoms with Gasteiger partial charge in [-0.25, -0.2) is 4.68 Å². The van der Waals surface area contributed by atoms with Crippen LogP contribution in [-0.4, -0.2) is 40.5 Å². The van der Waals surface area contributed by atoms with Gasteiger partial charge in [0.1, 0.15) is 5.56 Å². The highest BCUT2D eigenvalue weighted by molar-refractivity contribution is 6.30. The molecule has 0 atom stereocenters. The number of halogens is 1. The average molecular weight is 359 g/mol. The minimum absolute atomic E-state index is 0.167. The lowest BCUT2D eigenvalue weighted by Crippen LogP contribution is -2.26. The fraction of sp³-hybridized carbons (Fsp3) is 0.222. The molecule has 0 aliphatic heterocycles. The number of carbonyl (C=O) groups excluding carboxylic acids is 1. The Morgan fingerprint density at radius 2 is 1.96 bits per heavy atom. The minimum Gasteiger partial charge on any atom is -0.385 e. The molecule has 0 unspecified atom stereocenters. The van der Waals surface area contributed by atoms with E-state index >= 15 is 0 Å². The Hall–Kier alpha value is -2.57. The summed E-state index contributed by atoms with van der Waals surface area (Å²) in [5.74, 6) is 0.511. The normalized spacial score (nSPS) is 10.8. The van der Waals surface area contributed by atoms with Gasteiger partial charge in [0.2, 0.25) is 0 Å². The van der Waals surface area contributed by atoms with Crippen molar-refractivity contribution in [2.45, 2.75) is 6.42 Å². The first kappa shape index (κ1) is 17.3. The highest BCUT2D eigenvalue weighted by Crippen LogP contribution is 2.21. The van der Waals surface area contributed by atoms with E-state index in [4.69, 9.17) is 16.3 Å². The molecular formula is C18H19ClN4O2. The second-order valence-electron chi connectivity index (χ2n) is 5.46. The number of carbonyl (C=O) groups is 1. The van der Waals surface area contributed by atoms with Crippen LogP contribution in [0.2, 0.25) is 5.02 Å². The predicted octanol–water partition coefficient (Wildman–Crippen LogP) is 3.08. The molecule has 6 nitrogen and oxygen atoms in total. The Balaban J connectivity index is 1.94. The van der Waals surface area contributed by atoms with Crippen LogP contribution in [0.5, 0.6) is 0 Å². The summed E-state index contributed by atoms with van der Waals surface area (Å²) in [5, 5.41) is 7.96. The summed E-state index contributed by atoms with van der Waals surface area (Å²) >= 11 is 5.97. The monoisotopic (exact) mass is 358 g/mol. The van der Waals surface area contributed by atoms with Gasteiger partial charge in [0.25, 0.3) is 5.91 Å². The van der Waals surface area contributed by atoms with Crippen LogP contribution < -0.4 is 5.32 Å². The van der Waals surface area contributed by atoms with Crippen LogP contribution in [0.3, 0.4) is 0 Å². The molecule has 3 aromatic rings. The topological polar surface area (TPSA) is 61.1 Å². The molecule has 1 N–H and O–H groups in total. The third-order valence-corrected chi connectivity index (χ3v) is 3.97. The number of amides is 1. The summed E-state index contributed by atoms with van der Waals surface area (Å²) in [6.45, 7) is 1.15. The fourth-order valence-corrected chi connectivity index (χ4v) is 2.64. The molecule has 1 aromatic carbocycles. The molecule has 2 aromatic heterocycles. The van der Waals surface area contributed by atoms with Crippen LogP contribution in [-0.2, 0) is 4.74 Å². The van der Waals surface area contributed by atoms with Crippen molar-refractivity contribution >= 4 is 17.5 Å². The quantitative estimate of drug-likeness (QED) is 0.660. The first-order valence-corrected chi connectivity index (χ1v) is 8.33. The Labute approximate surface area is 151 Å². The number of nitrogens with one attached hydrogen (secondary N) is 1. The number of ether oxygens (including phenoxy) is 1. The van der Waals surface area contributed by atoms with Crippen molar-refractivity contribution in [3.63, 3.8) is 0 Å². The lowest BCUT2D eigenvalue weighted by Gasteiger charge is -2.11. The molecule has 2 heterocycles. The summed E-state index contributed by atoms with van der Waals surface area (Å²) in [7, 11) is 1.64. The van der Waals surface area contributed by atoms with Crippen LogP contribution in [0, 0.1) is 0 Å². The largest absolute Gasteiger partial charge is 0.385 e. The van der Waals surface area contributed by atoms with E-state index in [1.165, 1.54) is 0 Å². The number of rotatable bonds is 7. The molecule has 1 amide bonds. The van der Waals surface area contributed by atoms with Crippen LogP contribution in [0.25, 0.3) is 11.5 Å². The molecule has 0 saturated carbocycles. The van der Waals surface area contributed by atoms with Gasteiger partial charge in [-0.1, -0.05) is 11.6 Å². The number of hydrogen-bond acceptors (Lipinski definition) is 3. The van der Waals surface area contributed by atoms with E-state index in [1.54, 1.807) is 30.1 Å². The van der Waals surface area contributed by atoms with Crippen LogP contribution in [0.4, 0.5) is 0 Å². The van der Waals surface area contributed by atoms with Crippen molar-refractivity contribution in [2.24, 2.45) is 0 Å². The van der Waals surface area contributed by atoms with Gasteiger partial charge >= 0.3 is 0 Å². The van der Waals surface area contributed by atoms with Gasteiger partial charge in [0.15, 0.2) is 5.82 Å². The maximum Gasteiger partial charge on any atom is 0.256 e. The zero-order chi connectivity index (χ0) is 17.6.